The first-order valence-corrected chi connectivity index (χ1v) is 9.72. The summed E-state index contributed by atoms with van der Waals surface area (Å²) in [5, 5.41) is 0. The molecule has 3 saturated heterocycles. The number of carbonyl (C=O) groups excluding carboxylic acids is 1. The number of nitrogens with zero attached hydrogens (tertiary/aromatic N) is 4. The lowest BCUT2D eigenvalue weighted by atomic mass is 10.1. The maximum Gasteiger partial charge on any atom is 0.257 e. The number of anilines is 1. The summed E-state index contributed by atoms with van der Waals surface area (Å²) in [5.74, 6) is 0.888. The lowest BCUT2D eigenvalue weighted by molar-refractivity contribution is 0.0432. The van der Waals surface area contributed by atoms with Gasteiger partial charge in [0, 0.05) is 58.6 Å². The van der Waals surface area contributed by atoms with Crippen LogP contribution in [0.4, 0.5) is 5.82 Å². The first-order valence-electron chi connectivity index (χ1n) is 9.72. The highest BCUT2D eigenvalue weighted by molar-refractivity contribution is 5.99. The lowest BCUT2D eigenvalue weighted by Gasteiger charge is -2.36. The Hall–Kier alpha value is -1.70. The maximum atomic E-state index is 13.1. The minimum atomic E-state index is 0.0939. The molecule has 0 aliphatic carbocycles. The van der Waals surface area contributed by atoms with Crippen LogP contribution in [0.1, 0.15) is 23.2 Å². The van der Waals surface area contributed by atoms with Crippen LogP contribution in [0.2, 0.25) is 0 Å². The van der Waals surface area contributed by atoms with Gasteiger partial charge in [-0.3, -0.25) is 9.69 Å². The van der Waals surface area contributed by atoms with Crippen LogP contribution in [-0.4, -0.2) is 92.4 Å². The molecule has 142 valence electrons. The lowest BCUT2D eigenvalue weighted by Crippen LogP contribution is -2.50. The number of pyridine rings is 1. The number of hydrogen-bond donors (Lipinski definition) is 0. The molecule has 1 amide bonds. The fourth-order valence-corrected chi connectivity index (χ4v) is 3.97. The van der Waals surface area contributed by atoms with Gasteiger partial charge in [-0.15, -0.1) is 0 Å². The SMILES string of the molecule is O=C(c1cccnc1N1CCOCC1)N1CCN(CC2CCCO2)CC1. The Bertz CT molecular complexity index is 607. The van der Waals surface area contributed by atoms with Gasteiger partial charge in [0.05, 0.1) is 24.9 Å². The fraction of sp³-hybridized carbons (Fsp3) is 0.684. The van der Waals surface area contributed by atoms with E-state index in [1.54, 1.807) is 6.20 Å². The van der Waals surface area contributed by atoms with Gasteiger partial charge < -0.3 is 19.3 Å². The van der Waals surface area contributed by atoms with Gasteiger partial charge >= 0.3 is 0 Å². The van der Waals surface area contributed by atoms with Gasteiger partial charge in [0.2, 0.25) is 0 Å². The maximum absolute atomic E-state index is 13.1. The van der Waals surface area contributed by atoms with E-state index >= 15 is 0 Å². The smallest absolute Gasteiger partial charge is 0.257 e. The third-order valence-corrected chi connectivity index (χ3v) is 5.47. The number of morpholine rings is 1. The van der Waals surface area contributed by atoms with Gasteiger partial charge in [-0.1, -0.05) is 0 Å². The average molecular weight is 360 g/mol. The number of amides is 1. The van der Waals surface area contributed by atoms with Crippen LogP contribution in [0.15, 0.2) is 18.3 Å². The molecule has 0 aromatic carbocycles. The van der Waals surface area contributed by atoms with Crippen molar-refractivity contribution in [2.24, 2.45) is 0 Å². The Morgan fingerprint density at radius 1 is 1.12 bits per heavy atom. The Balaban J connectivity index is 1.37. The standard InChI is InChI=1S/C19H28N4O3/c24-19(17-4-1-5-20-18(17)22-10-13-25-14-11-22)23-8-6-21(7-9-23)15-16-3-2-12-26-16/h1,4-5,16H,2-3,6-15H2. The van der Waals surface area contributed by atoms with Crippen LogP contribution in [0.25, 0.3) is 0 Å². The zero-order chi connectivity index (χ0) is 17.8. The van der Waals surface area contributed by atoms with E-state index in [-0.39, 0.29) is 5.91 Å². The van der Waals surface area contributed by atoms with E-state index in [1.807, 2.05) is 17.0 Å². The van der Waals surface area contributed by atoms with Gasteiger partial charge in [0.15, 0.2) is 0 Å². The number of ether oxygens (including phenoxy) is 2. The Morgan fingerprint density at radius 3 is 2.65 bits per heavy atom. The molecule has 0 N–H and O–H groups in total. The second kappa shape index (κ2) is 8.33. The molecule has 7 heteroatoms. The third kappa shape index (κ3) is 4.00. The molecule has 7 nitrogen and oxygen atoms in total. The largest absolute Gasteiger partial charge is 0.378 e. The van der Waals surface area contributed by atoms with E-state index in [9.17, 15) is 4.79 Å². The van der Waals surface area contributed by atoms with Crippen molar-refractivity contribution in [2.45, 2.75) is 18.9 Å². The fourth-order valence-electron chi connectivity index (χ4n) is 3.97. The van der Waals surface area contributed by atoms with Gasteiger partial charge in [0.25, 0.3) is 5.91 Å². The van der Waals surface area contributed by atoms with Crippen molar-refractivity contribution in [1.82, 2.24) is 14.8 Å². The summed E-state index contributed by atoms with van der Waals surface area (Å²) >= 11 is 0. The average Bonchev–Trinajstić information content (AvgIpc) is 3.22. The quantitative estimate of drug-likeness (QED) is 0.794. The molecule has 26 heavy (non-hydrogen) atoms. The molecule has 3 aliphatic rings. The second-order valence-electron chi connectivity index (χ2n) is 7.20. The molecule has 4 heterocycles. The van der Waals surface area contributed by atoms with Crippen molar-refractivity contribution in [3.8, 4) is 0 Å². The van der Waals surface area contributed by atoms with E-state index in [0.717, 1.165) is 64.7 Å². The predicted molar refractivity (Wildman–Crippen MR) is 98.6 cm³/mol. The zero-order valence-electron chi connectivity index (χ0n) is 15.3. The van der Waals surface area contributed by atoms with Crippen molar-refractivity contribution in [1.29, 1.82) is 0 Å². The summed E-state index contributed by atoms with van der Waals surface area (Å²) in [4.78, 5) is 24.1. The summed E-state index contributed by atoms with van der Waals surface area (Å²) in [6, 6.07) is 3.75. The number of piperazine rings is 1. The molecule has 0 radical (unpaired) electrons. The van der Waals surface area contributed by atoms with Gasteiger partial charge in [0.1, 0.15) is 5.82 Å². The van der Waals surface area contributed by atoms with Crippen LogP contribution in [0, 0.1) is 0 Å². The second-order valence-corrected chi connectivity index (χ2v) is 7.20. The minimum absolute atomic E-state index is 0.0939. The first kappa shape index (κ1) is 17.7. The van der Waals surface area contributed by atoms with E-state index in [1.165, 1.54) is 6.42 Å². The van der Waals surface area contributed by atoms with E-state index in [0.29, 0.717) is 24.9 Å². The highest BCUT2D eigenvalue weighted by Crippen LogP contribution is 2.21. The van der Waals surface area contributed by atoms with Crippen LogP contribution in [0.3, 0.4) is 0 Å². The van der Waals surface area contributed by atoms with Crippen molar-refractivity contribution in [2.75, 3.05) is 70.5 Å². The molecule has 1 aromatic rings. The van der Waals surface area contributed by atoms with Gasteiger partial charge in [-0.05, 0) is 25.0 Å². The predicted octanol–water partition coefficient (Wildman–Crippen LogP) is 0.855. The monoisotopic (exact) mass is 360 g/mol. The van der Waals surface area contributed by atoms with Gasteiger partial charge in [-0.2, -0.15) is 0 Å². The molecular formula is C19H28N4O3. The number of aromatic nitrogens is 1. The van der Waals surface area contributed by atoms with Crippen LogP contribution >= 0.6 is 0 Å². The summed E-state index contributed by atoms with van der Waals surface area (Å²) in [5.41, 5.74) is 0.710. The number of rotatable bonds is 4. The van der Waals surface area contributed by atoms with Crippen molar-refractivity contribution < 1.29 is 14.3 Å². The molecule has 3 aliphatic heterocycles. The van der Waals surface area contributed by atoms with E-state index < -0.39 is 0 Å². The van der Waals surface area contributed by atoms with Crippen molar-refractivity contribution in [3.05, 3.63) is 23.9 Å². The Morgan fingerprint density at radius 2 is 1.92 bits per heavy atom. The molecule has 3 fully saturated rings. The summed E-state index contributed by atoms with van der Waals surface area (Å²) < 4.78 is 11.2. The van der Waals surface area contributed by atoms with Crippen molar-refractivity contribution >= 4 is 11.7 Å². The van der Waals surface area contributed by atoms with E-state index in [4.69, 9.17) is 9.47 Å². The molecule has 0 saturated carbocycles. The normalized spacial score (nSPS) is 24.8. The Labute approximate surface area is 154 Å². The van der Waals surface area contributed by atoms with Gasteiger partial charge in [-0.25, -0.2) is 4.98 Å². The minimum Gasteiger partial charge on any atom is -0.378 e. The molecule has 0 spiro atoms. The molecule has 0 bridgehead atoms. The number of carbonyl (C=O) groups is 1. The summed E-state index contributed by atoms with van der Waals surface area (Å²) in [7, 11) is 0. The first-order chi connectivity index (χ1) is 12.8. The van der Waals surface area contributed by atoms with Crippen molar-refractivity contribution in [3.63, 3.8) is 0 Å². The van der Waals surface area contributed by atoms with Crippen LogP contribution in [-0.2, 0) is 9.47 Å². The molecule has 4 rings (SSSR count). The highest BCUT2D eigenvalue weighted by Gasteiger charge is 2.28. The molecule has 1 atom stereocenters. The molecule has 1 unspecified atom stereocenters. The number of hydrogen-bond acceptors (Lipinski definition) is 6. The third-order valence-electron chi connectivity index (χ3n) is 5.47. The Kier molecular flexibility index (Phi) is 5.67. The highest BCUT2D eigenvalue weighted by atomic mass is 16.5. The van der Waals surface area contributed by atoms with Crippen LogP contribution in [0.5, 0.6) is 0 Å². The zero-order valence-corrected chi connectivity index (χ0v) is 15.3. The summed E-state index contributed by atoms with van der Waals surface area (Å²) in [6.07, 6.45) is 4.48. The van der Waals surface area contributed by atoms with Crippen LogP contribution < -0.4 is 4.90 Å². The topological polar surface area (TPSA) is 58.1 Å². The molecule has 1 aromatic heterocycles. The van der Waals surface area contributed by atoms with E-state index in [2.05, 4.69) is 14.8 Å². The molecular weight excluding hydrogens is 332 g/mol. The summed E-state index contributed by atoms with van der Waals surface area (Å²) in [6.45, 7) is 8.20.